The minimum Gasteiger partial charge on any atom is -0.370 e. The molecule has 1 aliphatic rings. The molecule has 1 aromatic heterocycles. The lowest BCUT2D eigenvalue weighted by molar-refractivity contribution is -0.131. The van der Waals surface area contributed by atoms with Crippen LogP contribution in [-0.2, 0) is 4.79 Å². The Morgan fingerprint density at radius 2 is 2.41 bits per heavy atom. The van der Waals surface area contributed by atoms with E-state index in [1.807, 2.05) is 11.0 Å². The molecule has 0 bridgehead atoms. The van der Waals surface area contributed by atoms with E-state index < -0.39 is 0 Å². The van der Waals surface area contributed by atoms with Gasteiger partial charge in [0.1, 0.15) is 11.9 Å². The highest BCUT2D eigenvalue weighted by Crippen LogP contribution is 2.15. The van der Waals surface area contributed by atoms with Gasteiger partial charge in [-0.05, 0) is 31.4 Å². The first kappa shape index (κ1) is 16.6. The third-order valence-electron chi connectivity index (χ3n) is 3.52. The number of amides is 1. The zero-order valence-corrected chi connectivity index (χ0v) is 13.3. The number of hydrogen-bond donors (Lipinski definition) is 2. The largest absolute Gasteiger partial charge is 0.370 e. The number of carbonyl (C=O) groups is 1. The van der Waals surface area contributed by atoms with Crippen molar-refractivity contribution in [3.8, 4) is 6.07 Å². The summed E-state index contributed by atoms with van der Waals surface area (Å²) in [5, 5.41) is 11.9. The van der Waals surface area contributed by atoms with Gasteiger partial charge in [-0.1, -0.05) is 0 Å². The summed E-state index contributed by atoms with van der Waals surface area (Å²) in [5.41, 5.74) is 6.51. The first-order valence-electron chi connectivity index (χ1n) is 7.43. The van der Waals surface area contributed by atoms with Crippen molar-refractivity contribution in [2.45, 2.75) is 25.3 Å². The zero-order valence-electron chi connectivity index (χ0n) is 12.5. The second kappa shape index (κ2) is 8.61. The van der Waals surface area contributed by atoms with E-state index in [4.69, 9.17) is 11.0 Å². The molecule has 118 valence electrons. The zero-order chi connectivity index (χ0) is 15.8. The summed E-state index contributed by atoms with van der Waals surface area (Å²) in [4.78, 5) is 18.0. The van der Waals surface area contributed by atoms with Crippen LogP contribution in [-0.4, -0.2) is 46.6 Å². The molecule has 6 nitrogen and oxygen atoms in total. The van der Waals surface area contributed by atoms with Crippen LogP contribution in [0.5, 0.6) is 0 Å². The minimum absolute atomic E-state index is 0.0757. The van der Waals surface area contributed by atoms with Crippen LogP contribution in [0.2, 0.25) is 0 Å². The van der Waals surface area contributed by atoms with Gasteiger partial charge in [0.05, 0.1) is 17.5 Å². The maximum Gasteiger partial charge on any atom is 0.240 e. The van der Waals surface area contributed by atoms with Gasteiger partial charge in [0.25, 0.3) is 0 Å². The molecular weight excluding hydrogens is 298 g/mol. The van der Waals surface area contributed by atoms with Crippen molar-refractivity contribution in [2.24, 2.45) is 5.73 Å². The van der Waals surface area contributed by atoms with Gasteiger partial charge >= 0.3 is 0 Å². The molecule has 1 atom stereocenters. The van der Waals surface area contributed by atoms with Gasteiger partial charge in [0.2, 0.25) is 5.91 Å². The summed E-state index contributed by atoms with van der Waals surface area (Å²) in [7, 11) is 0. The third-order valence-corrected chi connectivity index (χ3v) is 4.49. The molecule has 0 spiro atoms. The highest BCUT2D eigenvalue weighted by molar-refractivity contribution is 7.99. The Kier molecular flexibility index (Phi) is 6.49. The molecule has 2 heterocycles. The molecule has 1 fully saturated rings. The number of unbranched alkanes of at least 4 members (excludes halogenated alkanes) is 1. The molecule has 0 radical (unpaired) electrons. The van der Waals surface area contributed by atoms with Crippen LogP contribution in [0.25, 0.3) is 0 Å². The number of anilines is 1. The molecule has 22 heavy (non-hydrogen) atoms. The number of hydrogen-bond acceptors (Lipinski definition) is 6. The molecular formula is C15H21N5OS. The number of pyridine rings is 1. The van der Waals surface area contributed by atoms with E-state index in [0.717, 1.165) is 43.4 Å². The molecule has 1 aromatic rings. The number of aromatic nitrogens is 1. The van der Waals surface area contributed by atoms with Crippen LogP contribution < -0.4 is 11.1 Å². The molecule has 1 amide bonds. The van der Waals surface area contributed by atoms with Crippen molar-refractivity contribution in [1.82, 2.24) is 9.88 Å². The van der Waals surface area contributed by atoms with Crippen molar-refractivity contribution >= 4 is 23.5 Å². The summed E-state index contributed by atoms with van der Waals surface area (Å²) < 4.78 is 0. The molecule has 0 aliphatic carbocycles. The fourth-order valence-corrected chi connectivity index (χ4v) is 3.17. The van der Waals surface area contributed by atoms with Crippen molar-refractivity contribution < 1.29 is 4.79 Å². The van der Waals surface area contributed by atoms with Gasteiger partial charge in [-0.3, -0.25) is 4.79 Å². The Bertz CT molecular complexity index is 522. The molecule has 0 saturated carbocycles. The third kappa shape index (κ3) is 4.90. The van der Waals surface area contributed by atoms with Crippen LogP contribution in [0.15, 0.2) is 18.3 Å². The summed E-state index contributed by atoms with van der Waals surface area (Å²) in [6, 6.07) is 5.18. The molecule has 0 unspecified atom stereocenters. The summed E-state index contributed by atoms with van der Waals surface area (Å²) >= 11 is 1.77. The molecule has 1 saturated heterocycles. The standard InChI is InChI=1S/C15H21N5OS/c16-9-12-4-5-14(19-10-12)18-6-2-1-3-13(17)15(21)20-7-8-22-11-20/h4-5,10,13H,1-3,6-8,11,17H2,(H,18,19)/t13-/m0/s1. The number of nitrogens with zero attached hydrogens (tertiary/aromatic N) is 3. The van der Waals surface area contributed by atoms with Gasteiger partial charge in [-0.15, -0.1) is 11.8 Å². The van der Waals surface area contributed by atoms with Crippen molar-refractivity contribution in [2.75, 3.05) is 30.0 Å². The van der Waals surface area contributed by atoms with Crippen LogP contribution in [0.4, 0.5) is 5.82 Å². The summed E-state index contributed by atoms with van der Waals surface area (Å²) in [6.07, 6.45) is 4.09. The second-order valence-electron chi connectivity index (χ2n) is 5.21. The van der Waals surface area contributed by atoms with Gasteiger partial charge < -0.3 is 16.0 Å². The van der Waals surface area contributed by atoms with Crippen LogP contribution >= 0.6 is 11.8 Å². The normalized spacial score (nSPS) is 15.4. The average molecular weight is 319 g/mol. The van der Waals surface area contributed by atoms with E-state index in [-0.39, 0.29) is 11.9 Å². The van der Waals surface area contributed by atoms with Gasteiger partial charge in [0, 0.05) is 25.0 Å². The van der Waals surface area contributed by atoms with Crippen molar-refractivity contribution in [1.29, 1.82) is 5.26 Å². The summed E-state index contributed by atoms with van der Waals surface area (Å²) in [6.45, 7) is 1.60. The van der Waals surface area contributed by atoms with Gasteiger partial charge in [-0.2, -0.15) is 5.26 Å². The molecule has 3 N–H and O–H groups in total. The lowest BCUT2D eigenvalue weighted by Crippen LogP contribution is -2.42. The van der Waals surface area contributed by atoms with E-state index in [1.54, 1.807) is 30.1 Å². The molecule has 2 rings (SSSR count). The highest BCUT2D eigenvalue weighted by atomic mass is 32.2. The van der Waals surface area contributed by atoms with Crippen LogP contribution in [0.1, 0.15) is 24.8 Å². The average Bonchev–Trinajstić information content (AvgIpc) is 3.08. The van der Waals surface area contributed by atoms with Crippen molar-refractivity contribution in [3.63, 3.8) is 0 Å². The monoisotopic (exact) mass is 319 g/mol. The number of rotatable bonds is 7. The maximum atomic E-state index is 12.0. The van der Waals surface area contributed by atoms with E-state index >= 15 is 0 Å². The number of nitriles is 1. The van der Waals surface area contributed by atoms with E-state index in [2.05, 4.69) is 10.3 Å². The first-order valence-corrected chi connectivity index (χ1v) is 8.58. The lowest BCUT2D eigenvalue weighted by atomic mass is 10.1. The van der Waals surface area contributed by atoms with Crippen LogP contribution in [0.3, 0.4) is 0 Å². The quantitative estimate of drug-likeness (QED) is 0.738. The Hall–Kier alpha value is -1.78. The predicted molar refractivity (Wildman–Crippen MR) is 88.3 cm³/mol. The topological polar surface area (TPSA) is 95.0 Å². The van der Waals surface area contributed by atoms with E-state index in [9.17, 15) is 4.79 Å². The maximum absolute atomic E-state index is 12.0. The second-order valence-corrected chi connectivity index (χ2v) is 6.29. The van der Waals surface area contributed by atoms with Crippen LogP contribution in [0, 0.1) is 11.3 Å². The van der Waals surface area contributed by atoms with E-state index in [0.29, 0.717) is 12.0 Å². The lowest BCUT2D eigenvalue weighted by Gasteiger charge is -2.19. The minimum atomic E-state index is -0.383. The highest BCUT2D eigenvalue weighted by Gasteiger charge is 2.23. The van der Waals surface area contributed by atoms with Gasteiger partial charge in [0.15, 0.2) is 0 Å². The SMILES string of the molecule is N#Cc1ccc(NCCCC[C@H](N)C(=O)N2CCSC2)nc1. The molecule has 7 heteroatoms. The molecule has 1 aliphatic heterocycles. The number of thioether (sulfide) groups is 1. The fourth-order valence-electron chi connectivity index (χ4n) is 2.22. The summed E-state index contributed by atoms with van der Waals surface area (Å²) in [5.74, 6) is 2.62. The fraction of sp³-hybridized carbons (Fsp3) is 0.533. The Labute approximate surface area is 135 Å². The van der Waals surface area contributed by atoms with Gasteiger partial charge in [-0.25, -0.2) is 4.98 Å². The Balaban J connectivity index is 1.60. The molecule has 0 aromatic carbocycles. The number of nitrogens with two attached hydrogens (primary N) is 1. The van der Waals surface area contributed by atoms with E-state index in [1.165, 1.54) is 0 Å². The van der Waals surface area contributed by atoms with Crippen molar-refractivity contribution in [3.05, 3.63) is 23.9 Å². The Morgan fingerprint density at radius 1 is 1.55 bits per heavy atom. The number of carbonyl (C=O) groups excluding carboxylic acids is 1. The predicted octanol–water partition coefficient (Wildman–Crippen LogP) is 1.40. The first-order chi connectivity index (χ1) is 10.7. The number of nitrogens with one attached hydrogen (secondary N) is 1. The Morgan fingerprint density at radius 3 is 3.05 bits per heavy atom. The smallest absolute Gasteiger partial charge is 0.240 e.